The molecule has 6 rings (SSSR count). The lowest BCUT2D eigenvalue weighted by Gasteiger charge is -2.28. The number of amides is 3. The Balaban J connectivity index is 1.30. The SMILES string of the molecule is CCOc1cc(OC2CC3C(=O)NC4(C(=O)NS(=O)(=O)C5CC5)CC4C=CCCCCOC(C)C(=O)N3C2)c2ccc(OC)c(C)c2n1. The van der Waals surface area contributed by atoms with Crippen molar-refractivity contribution in [3.63, 3.8) is 0 Å². The lowest BCUT2D eigenvalue weighted by atomic mass is 10.1. The Labute approximate surface area is 280 Å². The molecule has 3 heterocycles. The second-order valence-corrected chi connectivity index (χ2v) is 15.0. The Morgan fingerprint density at radius 1 is 1.21 bits per heavy atom. The maximum Gasteiger partial charge on any atom is 0.259 e. The Bertz CT molecular complexity index is 1730. The standard InChI is InChI=1S/C34H44N4O9S/c1-5-45-29-17-28(25-13-14-27(44-4)20(2)30(25)35-29)47-23-16-26-31(39)36-34(33(41)37-48(42,43)24-11-12-24)18-22(34)10-8-6-7-9-15-46-21(3)32(40)38(26)19-23/h8,10,13-14,17,21-24,26H,5-7,9,11-12,15-16,18-19H2,1-4H3,(H,36,39)(H,37,41). The van der Waals surface area contributed by atoms with Crippen molar-refractivity contribution in [2.75, 3.05) is 26.9 Å². The highest BCUT2D eigenvalue weighted by atomic mass is 32.2. The number of sulfonamides is 1. The summed E-state index contributed by atoms with van der Waals surface area (Å²) in [4.78, 5) is 47.6. The first-order valence-electron chi connectivity index (χ1n) is 16.7. The Morgan fingerprint density at radius 2 is 2.00 bits per heavy atom. The lowest BCUT2D eigenvalue weighted by Crippen LogP contribution is -2.57. The van der Waals surface area contributed by atoms with Crippen LogP contribution in [0, 0.1) is 12.8 Å². The van der Waals surface area contributed by atoms with Crippen molar-refractivity contribution in [3.05, 3.63) is 35.9 Å². The van der Waals surface area contributed by atoms with E-state index in [0.29, 0.717) is 54.3 Å². The number of carbonyl (C=O) groups is 3. The molecule has 13 nitrogen and oxygen atoms in total. The van der Waals surface area contributed by atoms with Crippen LogP contribution in [-0.2, 0) is 29.1 Å². The van der Waals surface area contributed by atoms with E-state index in [-0.39, 0.29) is 31.2 Å². The van der Waals surface area contributed by atoms with Crippen molar-refractivity contribution in [1.82, 2.24) is 19.9 Å². The largest absolute Gasteiger partial charge is 0.496 e. The molecule has 0 spiro atoms. The molecule has 1 aromatic heterocycles. The number of rotatable bonds is 8. The Morgan fingerprint density at radius 3 is 2.73 bits per heavy atom. The Kier molecular flexibility index (Phi) is 9.58. The fraction of sp³-hybridized carbons (Fsp3) is 0.588. The fourth-order valence-electron chi connectivity index (χ4n) is 6.61. The maximum absolute atomic E-state index is 14.1. The number of aromatic nitrogens is 1. The molecule has 2 N–H and O–H groups in total. The molecule has 2 aromatic rings. The van der Waals surface area contributed by atoms with E-state index in [1.54, 1.807) is 20.1 Å². The van der Waals surface area contributed by atoms with Crippen LogP contribution in [0.5, 0.6) is 17.4 Å². The molecule has 1 saturated heterocycles. The molecule has 2 aliphatic carbocycles. The van der Waals surface area contributed by atoms with E-state index >= 15 is 0 Å². The summed E-state index contributed by atoms with van der Waals surface area (Å²) in [5, 5.41) is 3.01. The van der Waals surface area contributed by atoms with Crippen LogP contribution in [0.2, 0.25) is 0 Å². The number of nitrogens with one attached hydrogen (secondary N) is 2. The van der Waals surface area contributed by atoms with Crippen molar-refractivity contribution in [2.45, 2.75) is 94.8 Å². The third-order valence-electron chi connectivity index (χ3n) is 9.59. The zero-order valence-electron chi connectivity index (χ0n) is 27.8. The predicted molar refractivity (Wildman–Crippen MR) is 176 cm³/mol. The number of fused-ring (bicyclic) bond motifs is 3. The van der Waals surface area contributed by atoms with Crippen LogP contribution < -0.4 is 24.2 Å². The predicted octanol–water partition coefficient (Wildman–Crippen LogP) is 2.93. The molecule has 0 bridgehead atoms. The number of methoxy groups -OCH3 is 1. The highest BCUT2D eigenvalue weighted by molar-refractivity contribution is 7.91. The van der Waals surface area contributed by atoms with Crippen molar-refractivity contribution in [3.8, 4) is 17.4 Å². The number of hydrogen-bond acceptors (Lipinski definition) is 10. The van der Waals surface area contributed by atoms with Crippen LogP contribution in [0.4, 0.5) is 0 Å². The van der Waals surface area contributed by atoms with Crippen molar-refractivity contribution >= 4 is 38.6 Å². The molecular formula is C34H44N4O9S. The summed E-state index contributed by atoms with van der Waals surface area (Å²) in [5.41, 5.74) is 0.0118. The van der Waals surface area contributed by atoms with E-state index in [0.717, 1.165) is 24.8 Å². The topological polar surface area (TPSA) is 162 Å². The van der Waals surface area contributed by atoms with Gasteiger partial charge < -0.3 is 29.2 Å². The van der Waals surface area contributed by atoms with Gasteiger partial charge in [0, 0.05) is 36.0 Å². The summed E-state index contributed by atoms with van der Waals surface area (Å²) in [6, 6.07) is 4.38. The zero-order chi connectivity index (χ0) is 34.2. The smallest absolute Gasteiger partial charge is 0.259 e. The van der Waals surface area contributed by atoms with Crippen molar-refractivity contribution < 1.29 is 41.7 Å². The van der Waals surface area contributed by atoms with Crippen LogP contribution >= 0.6 is 0 Å². The van der Waals surface area contributed by atoms with Gasteiger partial charge in [-0.25, -0.2) is 13.4 Å². The second kappa shape index (κ2) is 13.5. The molecule has 2 aliphatic heterocycles. The van der Waals surface area contributed by atoms with Crippen LogP contribution in [0.3, 0.4) is 0 Å². The third kappa shape index (κ3) is 6.82. The number of benzene rings is 1. The molecule has 14 heteroatoms. The zero-order valence-corrected chi connectivity index (χ0v) is 28.6. The van der Waals surface area contributed by atoms with E-state index in [2.05, 4.69) is 15.0 Å². The molecule has 260 valence electrons. The molecular weight excluding hydrogens is 640 g/mol. The van der Waals surface area contributed by atoms with E-state index < -0.39 is 50.9 Å². The molecule has 4 aliphatic rings. The summed E-state index contributed by atoms with van der Waals surface area (Å²) in [6.45, 7) is 6.28. The van der Waals surface area contributed by atoms with Gasteiger partial charge in [-0.1, -0.05) is 12.2 Å². The van der Waals surface area contributed by atoms with Gasteiger partial charge in [-0.15, -0.1) is 0 Å². The van der Waals surface area contributed by atoms with Crippen molar-refractivity contribution in [1.29, 1.82) is 0 Å². The van der Waals surface area contributed by atoms with Crippen LogP contribution in [-0.4, -0.2) is 91.9 Å². The van der Waals surface area contributed by atoms with Gasteiger partial charge in [-0.05, 0) is 71.4 Å². The van der Waals surface area contributed by atoms with Gasteiger partial charge in [-0.3, -0.25) is 19.1 Å². The lowest BCUT2D eigenvalue weighted by molar-refractivity contribution is -0.147. The highest BCUT2D eigenvalue weighted by Gasteiger charge is 2.62. The van der Waals surface area contributed by atoms with E-state index in [4.69, 9.17) is 18.9 Å². The molecule has 1 aromatic carbocycles. The number of pyridine rings is 1. The third-order valence-corrected chi connectivity index (χ3v) is 11.4. The average molecular weight is 685 g/mol. The first kappa shape index (κ1) is 34.0. The summed E-state index contributed by atoms with van der Waals surface area (Å²) in [6.07, 6.45) is 6.06. The van der Waals surface area contributed by atoms with Gasteiger partial charge in [0.25, 0.3) is 11.8 Å². The van der Waals surface area contributed by atoms with Crippen LogP contribution in [0.15, 0.2) is 30.4 Å². The molecule has 3 fully saturated rings. The summed E-state index contributed by atoms with van der Waals surface area (Å²) >= 11 is 0. The molecule has 48 heavy (non-hydrogen) atoms. The van der Waals surface area contributed by atoms with E-state index in [1.807, 2.05) is 38.1 Å². The number of ether oxygens (including phenoxy) is 4. The normalized spacial score (nSPS) is 28.0. The van der Waals surface area contributed by atoms with E-state index in [9.17, 15) is 22.8 Å². The van der Waals surface area contributed by atoms with E-state index in [1.165, 1.54) is 4.90 Å². The monoisotopic (exact) mass is 684 g/mol. The average Bonchev–Trinajstić information content (AvgIpc) is 3.98. The number of aryl methyl sites for hydroxylation is 1. The highest BCUT2D eigenvalue weighted by Crippen LogP contribution is 2.46. The first-order valence-corrected chi connectivity index (χ1v) is 18.3. The van der Waals surface area contributed by atoms with Gasteiger partial charge in [0.2, 0.25) is 21.8 Å². The van der Waals surface area contributed by atoms with Gasteiger partial charge in [0.05, 0.1) is 31.0 Å². The van der Waals surface area contributed by atoms with Gasteiger partial charge in [0.15, 0.2) is 0 Å². The number of hydrogen-bond donors (Lipinski definition) is 2. The minimum atomic E-state index is -3.84. The summed E-state index contributed by atoms with van der Waals surface area (Å²) < 4.78 is 51.3. The Hall–Kier alpha value is -3.91. The maximum atomic E-state index is 14.1. The van der Waals surface area contributed by atoms with Crippen molar-refractivity contribution in [2.24, 2.45) is 5.92 Å². The number of carbonyl (C=O) groups excluding carboxylic acids is 3. The number of nitrogens with zero attached hydrogens (tertiary/aromatic N) is 2. The van der Waals surface area contributed by atoms with Crippen LogP contribution in [0.25, 0.3) is 10.9 Å². The van der Waals surface area contributed by atoms with Gasteiger partial charge >= 0.3 is 0 Å². The summed E-state index contributed by atoms with van der Waals surface area (Å²) in [7, 11) is -2.25. The first-order chi connectivity index (χ1) is 23.0. The quantitative estimate of drug-likeness (QED) is 0.396. The fourth-order valence-corrected chi connectivity index (χ4v) is 7.97. The molecule has 5 unspecified atom stereocenters. The number of allylic oxidation sites excluding steroid dienone is 1. The molecule has 5 atom stereocenters. The second-order valence-electron chi connectivity index (χ2n) is 13.0. The molecule has 0 radical (unpaired) electrons. The van der Waals surface area contributed by atoms with Gasteiger partial charge in [0.1, 0.15) is 35.3 Å². The van der Waals surface area contributed by atoms with Crippen LogP contribution in [0.1, 0.15) is 64.4 Å². The molecule has 3 amide bonds. The van der Waals surface area contributed by atoms with Gasteiger partial charge in [-0.2, -0.15) is 0 Å². The summed E-state index contributed by atoms with van der Waals surface area (Å²) in [5.74, 6) is -0.551. The molecule has 2 saturated carbocycles. The minimum absolute atomic E-state index is 0.0894. The minimum Gasteiger partial charge on any atom is -0.496 e.